The van der Waals surface area contributed by atoms with Gasteiger partial charge < -0.3 is 0 Å². The first kappa shape index (κ1) is 12.0. The molecule has 0 aliphatic carbocycles. The number of pyridine rings is 2. The Morgan fingerprint density at radius 1 is 0.905 bits per heavy atom. The Labute approximate surface area is 121 Å². The van der Waals surface area contributed by atoms with Gasteiger partial charge in [-0.25, -0.2) is 9.97 Å². The van der Waals surface area contributed by atoms with E-state index in [9.17, 15) is 0 Å². The van der Waals surface area contributed by atoms with Crippen molar-refractivity contribution >= 4 is 21.8 Å². The zero-order valence-corrected chi connectivity index (χ0v) is 11.8. The minimum Gasteiger partial charge on any atom is -0.258 e. The van der Waals surface area contributed by atoms with Crippen LogP contribution in [0.3, 0.4) is 0 Å². The van der Waals surface area contributed by atoms with Crippen molar-refractivity contribution in [1.29, 1.82) is 0 Å². The second-order valence-electron chi connectivity index (χ2n) is 5.14. The van der Waals surface area contributed by atoms with Crippen LogP contribution in [0, 0.1) is 13.8 Å². The quantitative estimate of drug-likeness (QED) is 0.542. The molecule has 0 aliphatic rings. The van der Waals surface area contributed by atoms with Crippen LogP contribution in [-0.4, -0.2) is 25.1 Å². The van der Waals surface area contributed by atoms with Gasteiger partial charge in [0.2, 0.25) is 0 Å². The van der Waals surface area contributed by atoms with Crippen molar-refractivity contribution in [2.75, 3.05) is 0 Å². The molecule has 0 unspecified atom stereocenters. The van der Waals surface area contributed by atoms with E-state index >= 15 is 0 Å². The summed E-state index contributed by atoms with van der Waals surface area (Å²) in [7, 11) is 0. The van der Waals surface area contributed by atoms with E-state index in [2.05, 4.69) is 46.1 Å². The number of hydrogen-bond donors (Lipinski definition) is 1. The highest BCUT2D eigenvalue weighted by molar-refractivity contribution is 6.05. The van der Waals surface area contributed by atoms with Crippen molar-refractivity contribution in [3.8, 4) is 11.5 Å². The second-order valence-corrected chi connectivity index (χ2v) is 5.14. The van der Waals surface area contributed by atoms with Crippen LogP contribution in [0.4, 0.5) is 0 Å². The van der Waals surface area contributed by atoms with E-state index in [1.54, 1.807) is 0 Å². The molecule has 3 aromatic heterocycles. The molecule has 0 amide bonds. The molecule has 0 radical (unpaired) electrons. The Hall–Kier alpha value is -2.82. The Balaban J connectivity index is 2.14. The van der Waals surface area contributed by atoms with Gasteiger partial charge in [0.05, 0.1) is 11.0 Å². The molecular formula is C16H13N5. The van der Waals surface area contributed by atoms with Gasteiger partial charge in [-0.2, -0.15) is 5.10 Å². The molecule has 0 fully saturated rings. The summed E-state index contributed by atoms with van der Waals surface area (Å²) in [6, 6.07) is 8.26. The molecule has 0 atom stereocenters. The number of nitrogens with zero attached hydrogens (tertiary/aromatic N) is 4. The minimum atomic E-state index is 0.671. The van der Waals surface area contributed by atoms with Gasteiger partial charge >= 0.3 is 0 Å². The standard InChI is InChI=1S/C16H13N5/c1-9-5-6-17-14-11(9)3-4-12-10(2)7-13(20-15(12)14)16-18-8-19-21-16/h3-8H,1-2H3,(H,18,19,21). The highest BCUT2D eigenvalue weighted by Gasteiger charge is 2.11. The van der Waals surface area contributed by atoms with E-state index in [1.807, 2.05) is 18.3 Å². The van der Waals surface area contributed by atoms with E-state index in [0.29, 0.717) is 5.82 Å². The summed E-state index contributed by atoms with van der Waals surface area (Å²) < 4.78 is 0. The molecule has 0 aliphatic heterocycles. The molecule has 4 aromatic rings. The number of aryl methyl sites for hydroxylation is 2. The average molecular weight is 275 g/mol. The first-order valence-corrected chi connectivity index (χ1v) is 6.75. The van der Waals surface area contributed by atoms with Gasteiger partial charge in [-0.05, 0) is 37.1 Å². The van der Waals surface area contributed by atoms with Crippen molar-refractivity contribution < 1.29 is 0 Å². The molecule has 3 heterocycles. The molecule has 21 heavy (non-hydrogen) atoms. The van der Waals surface area contributed by atoms with Gasteiger partial charge in [0.1, 0.15) is 12.0 Å². The fourth-order valence-electron chi connectivity index (χ4n) is 2.66. The van der Waals surface area contributed by atoms with Crippen LogP contribution in [0.5, 0.6) is 0 Å². The molecule has 0 spiro atoms. The van der Waals surface area contributed by atoms with Crippen LogP contribution in [0.1, 0.15) is 11.1 Å². The molecule has 1 aromatic carbocycles. The molecular weight excluding hydrogens is 262 g/mol. The van der Waals surface area contributed by atoms with E-state index < -0.39 is 0 Å². The zero-order chi connectivity index (χ0) is 14.4. The predicted molar refractivity (Wildman–Crippen MR) is 81.9 cm³/mol. The van der Waals surface area contributed by atoms with E-state index in [4.69, 9.17) is 4.98 Å². The lowest BCUT2D eigenvalue weighted by molar-refractivity contribution is 1.09. The summed E-state index contributed by atoms with van der Waals surface area (Å²) >= 11 is 0. The topological polar surface area (TPSA) is 67.3 Å². The molecule has 1 N–H and O–H groups in total. The number of aromatic nitrogens is 5. The summed E-state index contributed by atoms with van der Waals surface area (Å²) in [5.41, 5.74) is 4.97. The number of rotatable bonds is 1. The van der Waals surface area contributed by atoms with Gasteiger partial charge in [0.15, 0.2) is 5.82 Å². The van der Waals surface area contributed by atoms with E-state index in [-0.39, 0.29) is 0 Å². The van der Waals surface area contributed by atoms with Crippen molar-refractivity contribution in [3.63, 3.8) is 0 Å². The number of hydrogen-bond acceptors (Lipinski definition) is 4. The van der Waals surface area contributed by atoms with Gasteiger partial charge in [-0.3, -0.25) is 10.1 Å². The lowest BCUT2D eigenvalue weighted by Crippen LogP contribution is -1.93. The maximum absolute atomic E-state index is 4.75. The highest BCUT2D eigenvalue weighted by atomic mass is 15.2. The Kier molecular flexibility index (Phi) is 2.47. The first-order chi connectivity index (χ1) is 10.2. The number of fused-ring (bicyclic) bond motifs is 3. The van der Waals surface area contributed by atoms with Crippen LogP contribution in [0.15, 0.2) is 36.8 Å². The summed E-state index contributed by atoms with van der Waals surface area (Å²) in [4.78, 5) is 13.5. The van der Waals surface area contributed by atoms with Crippen LogP contribution < -0.4 is 0 Å². The van der Waals surface area contributed by atoms with Crippen molar-refractivity contribution in [1.82, 2.24) is 25.1 Å². The Morgan fingerprint density at radius 2 is 1.71 bits per heavy atom. The van der Waals surface area contributed by atoms with Crippen molar-refractivity contribution in [3.05, 3.63) is 47.9 Å². The maximum atomic E-state index is 4.75. The van der Waals surface area contributed by atoms with Crippen LogP contribution >= 0.6 is 0 Å². The summed E-state index contributed by atoms with van der Waals surface area (Å²) in [5.74, 6) is 0.671. The van der Waals surface area contributed by atoms with Crippen molar-refractivity contribution in [2.45, 2.75) is 13.8 Å². The third-order valence-electron chi connectivity index (χ3n) is 3.77. The predicted octanol–water partition coefficient (Wildman–Crippen LogP) is 3.18. The number of H-pyrrole nitrogens is 1. The average Bonchev–Trinajstić information content (AvgIpc) is 3.01. The smallest absolute Gasteiger partial charge is 0.174 e. The Morgan fingerprint density at radius 3 is 2.48 bits per heavy atom. The fraction of sp³-hybridized carbons (Fsp3) is 0.125. The molecule has 0 saturated heterocycles. The van der Waals surface area contributed by atoms with Gasteiger partial charge in [-0.1, -0.05) is 12.1 Å². The molecule has 0 saturated carbocycles. The second kappa shape index (κ2) is 4.34. The normalized spacial score (nSPS) is 11.3. The molecule has 102 valence electrons. The highest BCUT2D eigenvalue weighted by Crippen LogP contribution is 2.28. The molecule has 4 rings (SSSR count). The largest absolute Gasteiger partial charge is 0.258 e. The van der Waals surface area contributed by atoms with Crippen LogP contribution in [0.2, 0.25) is 0 Å². The van der Waals surface area contributed by atoms with Gasteiger partial charge in [0.25, 0.3) is 0 Å². The third kappa shape index (κ3) is 1.78. The molecule has 0 bridgehead atoms. The molecule has 5 nitrogen and oxygen atoms in total. The maximum Gasteiger partial charge on any atom is 0.174 e. The number of nitrogens with one attached hydrogen (secondary N) is 1. The van der Waals surface area contributed by atoms with Crippen LogP contribution in [-0.2, 0) is 0 Å². The summed E-state index contributed by atoms with van der Waals surface area (Å²) in [6.07, 6.45) is 3.32. The summed E-state index contributed by atoms with van der Waals surface area (Å²) in [6.45, 7) is 4.16. The van der Waals surface area contributed by atoms with Crippen molar-refractivity contribution in [2.24, 2.45) is 0 Å². The SMILES string of the molecule is Cc1ccnc2c1ccc1c(C)cc(-c3ncn[nH]3)nc12. The van der Waals surface area contributed by atoms with Gasteiger partial charge in [0, 0.05) is 17.0 Å². The third-order valence-corrected chi connectivity index (χ3v) is 3.77. The van der Waals surface area contributed by atoms with E-state index in [0.717, 1.165) is 33.1 Å². The molecule has 5 heteroatoms. The first-order valence-electron chi connectivity index (χ1n) is 6.75. The zero-order valence-electron chi connectivity index (χ0n) is 11.8. The lowest BCUT2D eigenvalue weighted by Gasteiger charge is -2.08. The van der Waals surface area contributed by atoms with Crippen LogP contribution in [0.25, 0.3) is 33.3 Å². The van der Waals surface area contributed by atoms with E-state index in [1.165, 1.54) is 11.9 Å². The minimum absolute atomic E-state index is 0.671. The number of benzene rings is 1. The fourth-order valence-corrected chi connectivity index (χ4v) is 2.66. The number of aromatic amines is 1. The lowest BCUT2D eigenvalue weighted by atomic mass is 10.0. The Bertz CT molecular complexity index is 957. The monoisotopic (exact) mass is 275 g/mol. The van der Waals surface area contributed by atoms with Gasteiger partial charge in [-0.15, -0.1) is 0 Å². The summed E-state index contributed by atoms with van der Waals surface area (Å²) in [5, 5.41) is 9.00.